The van der Waals surface area contributed by atoms with Gasteiger partial charge in [0.2, 0.25) is 11.8 Å². The predicted octanol–water partition coefficient (Wildman–Crippen LogP) is 13.8. The van der Waals surface area contributed by atoms with Gasteiger partial charge in [-0.25, -0.2) is 0 Å². The summed E-state index contributed by atoms with van der Waals surface area (Å²) in [4.78, 5) is 58.0. The molecule has 9 aliphatic rings. The molecule has 0 aromatic heterocycles. The van der Waals surface area contributed by atoms with Gasteiger partial charge < -0.3 is 80.4 Å². The number of nitrogens with one attached hydrogen (secondary N) is 2. The average molecular weight is 1970 g/mol. The SMILES string of the molecule is C.C.N[C@H](CN1CCCC1)C(O)c1ccc(OCCN2CCC2)c(Cl)c1.O=C(N[C@H](CN1CCCC1)[C@H](O)c1ccc(OCCN2CCC2)c(Cl)c1)[C@@H]1CCN(c2ccc(Cl)cc2)C1.O=C(N[C@H](CN1CCCC1)[C@H](O)c1ccc(OCCN2CCC2)c(Cl)c1)[C@H]1CCN(c2ccc(Cl)cc2)C1.O=C(O)[C@@H]1CCN(c2ccc(Cl)cc2)C1.[U]. The summed E-state index contributed by atoms with van der Waals surface area (Å²) < 4.78 is 17.5. The Morgan fingerprint density at radius 3 is 0.941 bits per heavy atom. The van der Waals surface area contributed by atoms with Crippen molar-refractivity contribution in [2.24, 2.45) is 23.5 Å². The number of carboxylic acid groups (broad SMARTS) is 1. The molecule has 9 fully saturated rings. The first-order valence-corrected chi connectivity index (χ1v) is 43.7. The van der Waals surface area contributed by atoms with E-state index in [2.05, 4.69) is 54.7 Å². The van der Waals surface area contributed by atoms with Gasteiger partial charge in [0.25, 0.3) is 0 Å². The van der Waals surface area contributed by atoms with Crippen molar-refractivity contribution >= 4 is 104 Å². The van der Waals surface area contributed by atoms with E-state index in [-0.39, 0.29) is 81.6 Å². The van der Waals surface area contributed by atoms with Crippen LogP contribution in [0, 0.1) is 48.9 Å². The first-order valence-electron chi connectivity index (χ1n) is 41.5. The molecule has 9 heterocycles. The van der Waals surface area contributed by atoms with Crippen LogP contribution in [0.1, 0.15) is 127 Å². The summed E-state index contributed by atoms with van der Waals surface area (Å²) in [6, 6.07) is 38.2. The second-order valence-corrected chi connectivity index (χ2v) is 34.5. The van der Waals surface area contributed by atoms with E-state index in [9.17, 15) is 29.7 Å². The number of aliphatic hydroxyl groups excluding tert-OH is 3. The van der Waals surface area contributed by atoms with Gasteiger partial charge in [-0.1, -0.05) is 103 Å². The number of benzene rings is 6. The molecule has 29 heteroatoms. The molecule has 1 unspecified atom stereocenters. The van der Waals surface area contributed by atoms with Crippen LogP contribution in [-0.4, -0.2) is 263 Å². The third kappa shape index (κ3) is 28.7. The summed E-state index contributed by atoms with van der Waals surface area (Å²) in [7, 11) is 0. The number of hydrogen-bond acceptors (Lipinski definition) is 19. The summed E-state index contributed by atoms with van der Waals surface area (Å²) >= 11 is 37.3. The topological polar surface area (TPSA) is 239 Å². The van der Waals surface area contributed by atoms with E-state index in [0.29, 0.717) is 118 Å². The van der Waals surface area contributed by atoms with Gasteiger partial charge in [0.15, 0.2) is 0 Å². The van der Waals surface area contributed by atoms with Crippen LogP contribution in [0.2, 0.25) is 30.1 Å². The van der Waals surface area contributed by atoms with Gasteiger partial charge in [-0.3, -0.25) is 29.1 Å². The minimum absolute atomic E-state index is 0. The Labute approximate surface area is 753 Å². The van der Waals surface area contributed by atoms with E-state index >= 15 is 0 Å². The van der Waals surface area contributed by atoms with Gasteiger partial charge in [-0.15, -0.1) is 0 Å². The zero-order valence-electron chi connectivity index (χ0n) is 66.5. The number of carboxylic acids is 1. The predicted molar refractivity (Wildman–Crippen MR) is 474 cm³/mol. The number of likely N-dealkylation sites (tertiary alicyclic amines) is 6. The third-order valence-electron chi connectivity index (χ3n) is 23.8. The number of anilines is 3. The molecule has 646 valence electrons. The fraction of sp³-hybridized carbons (Fsp3) is 0.562. The van der Waals surface area contributed by atoms with Crippen molar-refractivity contribution in [2.75, 3.05) is 192 Å². The second kappa shape index (κ2) is 48.8. The number of ether oxygens (including phenoxy) is 3. The van der Waals surface area contributed by atoms with Crippen molar-refractivity contribution in [3.63, 3.8) is 0 Å². The zero-order valence-corrected chi connectivity index (χ0v) is 75.2. The number of nitrogens with two attached hydrogens (primary N) is 1. The Hall–Kier alpha value is -5.08. The minimum Gasteiger partial charge on any atom is -0.491 e. The number of carbonyl (C=O) groups is 3. The monoisotopic (exact) mass is 1970 g/mol. The van der Waals surface area contributed by atoms with Crippen LogP contribution in [0.4, 0.5) is 17.1 Å². The first-order chi connectivity index (χ1) is 55.7. The molecule has 22 nitrogen and oxygen atoms in total. The number of rotatable bonds is 32. The van der Waals surface area contributed by atoms with Gasteiger partial charge in [0.05, 0.1) is 51.0 Å². The van der Waals surface area contributed by atoms with Crippen molar-refractivity contribution in [3.8, 4) is 17.2 Å². The molecule has 8 N–H and O–H groups in total. The first kappa shape index (κ1) is 96.7. The average Bonchev–Trinajstić information content (AvgIpc) is 1.43. The molecule has 0 spiro atoms. The van der Waals surface area contributed by atoms with Gasteiger partial charge in [0, 0.05) is 148 Å². The number of nitrogens with zero attached hydrogens (tertiary/aromatic N) is 9. The largest absolute Gasteiger partial charge is 0.491 e. The quantitative estimate of drug-likeness (QED) is 0.0208. The van der Waals surface area contributed by atoms with Crippen molar-refractivity contribution in [1.82, 2.24) is 40.0 Å². The maximum Gasteiger partial charge on any atom is 0.308 e. The number of amides is 2. The van der Waals surface area contributed by atoms with Gasteiger partial charge in [0.1, 0.15) is 49.3 Å². The van der Waals surface area contributed by atoms with Crippen molar-refractivity contribution in [1.29, 1.82) is 0 Å². The van der Waals surface area contributed by atoms with Crippen molar-refractivity contribution in [2.45, 2.75) is 128 Å². The zero-order chi connectivity index (χ0) is 80.7. The number of aliphatic hydroxyl groups is 3. The maximum absolute atomic E-state index is 13.4. The molecule has 15 rings (SSSR count). The molecular formula is C89H124Cl6N12O10U. The fourth-order valence-corrected chi connectivity index (χ4v) is 17.4. The van der Waals surface area contributed by atoms with Crippen molar-refractivity contribution < 1.29 is 80.1 Å². The Morgan fingerprint density at radius 2 is 0.661 bits per heavy atom. The molecular weight excluding hydrogens is 1850 g/mol. The van der Waals surface area contributed by atoms with Crippen LogP contribution in [-0.2, 0) is 14.4 Å². The van der Waals surface area contributed by atoms with Crippen LogP contribution >= 0.6 is 69.6 Å². The molecule has 9 saturated heterocycles. The number of halogens is 6. The Bertz CT molecular complexity index is 3860. The molecule has 0 saturated carbocycles. The van der Waals surface area contributed by atoms with E-state index in [4.69, 9.17) is 94.7 Å². The third-order valence-corrected chi connectivity index (χ3v) is 25.4. The van der Waals surface area contributed by atoms with E-state index in [1.165, 1.54) is 32.1 Å². The summed E-state index contributed by atoms with van der Waals surface area (Å²) in [5.41, 5.74) is 11.5. The van der Waals surface area contributed by atoms with Crippen molar-refractivity contribution in [3.05, 3.63) is 174 Å². The Morgan fingerprint density at radius 1 is 0.381 bits per heavy atom. The van der Waals surface area contributed by atoms with E-state index < -0.39 is 36.4 Å². The molecule has 0 bridgehead atoms. The maximum atomic E-state index is 13.4. The normalized spacial score (nSPS) is 21.0. The van der Waals surface area contributed by atoms with E-state index in [1.54, 1.807) is 18.2 Å². The molecule has 2 amide bonds. The Balaban J connectivity index is 0.000000187. The van der Waals surface area contributed by atoms with Crippen LogP contribution in [0.25, 0.3) is 0 Å². The minimum atomic E-state index is -0.874. The second-order valence-electron chi connectivity index (χ2n) is 32.0. The standard InChI is InChI=1S/2C29H38Cl2N4O3.C18H28ClN3O2.C11H12ClNO2.2CH4.U/c2*30-23-5-7-24(8-6-23)35-15-10-22(19-35)29(37)32-26(20-34-11-1-2-12-34)28(36)21-4-9-27(25(31)18-21)38-17-16-33-13-3-14-33;19-15-12-14(18(23)16(20)13-22-6-1-2-7-22)4-5-17(15)24-11-10-21-8-3-9-21;12-9-1-3-10(4-2-9)13-6-5-8(7-13)11(14)15;;;/h2*4-9,18,22,26,28,36H,1-3,10-17,19-20H2,(H,32,37);4-5,12,16,18,23H,1-3,6-11,13,20H2;1-4,8H,5-7H2,(H,14,15);2*1H4;/t22-,26+,28+;22-,26-,28-;16-,18?;8-;;;/m0111.../s1. The van der Waals surface area contributed by atoms with Crippen LogP contribution in [0.5, 0.6) is 17.2 Å². The smallest absolute Gasteiger partial charge is 0.308 e. The molecule has 6 aromatic carbocycles. The van der Waals surface area contributed by atoms with E-state index in [0.717, 1.165) is 185 Å². The van der Waals surface area contributed by atoms with Gasteiger partial charge in [-0.05, 0) is 281 Å². The molecule has 0 radical (unpaired) electrons. The van der Waals surface area contributed by atoms with Crippen LogP contribution < -0.4 is 45.3 Å². The molecule has 6 aromatic rings. The van der Waals surface area contributed by atoms with Gasteiger partial charge in [-0.2, -0.15) is 0 Å². The summed E-state index contributed by atoms with van der Waals surface area (Å²) in [5.74, 6) is 0.680. The summed E-state index contributed by atoms with van der Waals surface area (Å²) in [5, 5.41) is 52.2. The Kier molecular flexibility index (Phi) is 40.0. The number of carbonyl (C=O) groups excluding carboxylic acids is 2. The van der Waals surface area contributed by atoms with Crippen LogP contribution in [0.15, 0.2) is 127 Å². The summed E-state index contributed by atoms with van der Waals surface area (Å²) in [6.07, 6.45) is 10.6. The molecule has 0 aliphatic carbocycles. The van der Waals surface area contributed by atoms with E-state index in [1.807, 2.05) is 109 Å². The number of aliphatic carboxylic acids is 1. The van der Waals surface area contributed by atoms with Crippen LogP contribution in [0.3, 0.4) is 0 Å². The molecule has 118 heavy (non-hydrogen) atoms. The summed E-state index contributed by atoms with van der Waals surface area (Å²) in [6.45, 7) is 23.7. The molecule has 9 aliphatic heterocycles. The van der Waals surface area contributed by atoms with Gasteiger partial charge >= 0.3 is 5.97 Å². The number of hydrogen-bond donors (Lipinski definition) is 7. The fourth-order valence-electron chi connectivity index (χ4n) is 16.3. The molecule has 9 atom stereocenters.